The van der Waals surface area contributed by atoms with Crippen LogP contribution in [0.4, 0.5) is 0 Å². The van der Waals surface area contributed by atoms with Gasteiger partial charge in [-0.25, -0.2) is 0 Å². The minimum atomic E-state index is 0. The van der Waals surface area contributed by atoms with E-state index in [1.807, 2.05) is 119 Å². The summed E-state index contributed by atoms with van der Waals surface area (Å²) in [6.45, 7) is 31.5. The van der Waals surface area contributed by atoms with Crippen molar-refractivity contribution >= 4 is 103 Å². The smallest absolute Gasteiger partial charge is 0.0437 e. The van der Waals surface area contributed by atoms with Crippen molar-refractivity contribution in [2.75, 3.05) is 0 Å². The maximum absolute atomic E-state index is 5.81. The molecular weight excluding hydrogens is 1430 g/mol. The molecule has 0 N–H and O–H groups in total. The summed E-state index contributed by atoms with van der Waals surface area (Å²) >= 11 is 28.5. The van der Waals surface area contributed by atoms with Gasteiger partial charge in [0.1, 0.15) is 0 Å². The van der Waals surface area contributed by atoms with Gasteiger partial charge in [-0.3, -0.25) is 4.98 Å². The number of rotatable bonds is 0. The fourth-order valence-corrected chi connectivity index (χ4v) is 9.96. The maximum Gasteiger partial charge on any atom is 0.0437 e. The van der Waals surface area contributed by atoms with Crippen LogP contribution in [-0.4, -0.2) is 4.98 Å². The van der Waals surface area contributed by atoms with Gasteiger partial charge in [0.2, 0.25) is 0 Å². The molecule has 8 heteroatoms. The summed E-state index contributed by atoms with van der Waals surface area (Å²) in [5, 5.41) is 1.66. The van der Waals surface area contributed by atoms with E-state index >= 15 is 0 Å². The molecule has 0 radical (unpaired) electrons. The predicted molar refractivity (Wildman–Crippen MR) is 427 cm³/mol. The number of nitrogens with zero attached hydrogens (tertiary/aromatic N) is 1. The Morgan fingerprint density at radius 1 is 0.287 bits per heavy atom. The number of aromatic nitrogens is 1. The fraction of sp³-hybridized carbons (Fsp3) is 0.329. The van der Waals surface area contributed by atoms with Gasteiger partial charge in [0.25, 0.3) is 0 Å². The molecule has 0 aliphatic carbocycles. The molecule has 87 heavy (non-hydrogen) atoms. The molecule has 0 spiro atoms. The van der Waals surface area contributed by atoms with Crippen LogP contribution in [0.15, 0.2) is 223 Å². The van der Waals surface area contributed by atoms with E-state index in [0.717, 1.165) is 34.7 Å². The minimum absolute atomic E-state index is 0. The molecule has 1 nitrogen and oxygen atoms in total. The Bertz CT molecular complexity index is 2720. The molecule has 0 bridgehead atoms. The molecule has 488 valence electrons. The first-order valence-corrected chi connectivity index (χ1v) is 29.9. The first-order chi connectivity index (χ1) is 36.1. The van der Waals surface area contributed by atoms with Crippen molar-refractivity contribution in [2.24, 2.45) is 0 Å². The molecule has 0 saturated heterocycles. The third kappa shape index (κ3) is 55.7. The zero-order valence-corrected chi connectivity index (χ0v) is 57.1. The summed E-state index contributed by atoms with van der Waals surface area (Å²) < 4.78 is 5.73. The first kappa shape index (κ1) is 105. The molecular formula is C79H118Br5Cl2N. The lowest BCUT2D eigenvalue weighted by Crippen LogP contribution is -2.11. The Balaban J connectivity index is -0.0000000948. The van der Waals surface area contributed by atoms with E-state index < -0.39 is 0 Å². The average molecular weight is 1550 g/mol. The van der Waals surface area contributed by atoms with Crippen LogP contribution in [0.2, 0.25) is 10.0 Å². The topological polar surface area (TPSA) is 12.9 Å². The van der Waals surface area contributed by atoms with Crippen molar-refractivity contribution in [3.63, 3.8) is 0 Å². The average Bonchev–Trinajstić information content (AvgIpc) is 3.33. The number of aryl methyl sites for hydroxylation is 12. The van der Waals surface area contributed by atoms with Crippen LogP contribution in [0.5, 0.6) is 0 Å². The Labute approximate surface area is 591 Å². The summed E-state index contributed by atoms with van der Waals surface area (Å²) in [6.07, 6.45) is 1.79. The van der Waals surface area contributed by atoms with Crippen LogP contribution in [0.1, 0.15) is 167 Å². The van der Waals surface area contributed by atoms with Crippen molar-refractivity contribution in [1.82, 2.24) is 4.98 Å². The number of halogens is 7. The van der Waals surface area contributed by atoms with Gasteiger partial charge < -0.3 is 0 Å². The van der Waals surface area contributed by atoms with E-state index in [1.165, 1.54) is 70.1 Å². The summed E-state index contributed by atoms with van der Waals surface area (Å²) in [7, 11) is 0. The van der Waals surface area contributed by atoms with Gasteiger partial charge in [-0.1, -0.05) is 335 Å². The zero-order chi connectivity index (χ0) is 58.1. The SMILES string of the molecule is C.C.C.C.C.C.C.C.C.C.Cc1cc(Br)cc(Br)c1.Cc1cc(Br)cc(C(C)(C)C)c1.Cc1cc(C)cc(Br)c1.Cc1ccc(C)c(Cl)c1.Cc1ccc(C)cc1.Cc1ccc(Cl)cc1.Cc1cccc(Br)c1.Cc1ccccc1.Cc1ccccn1. The molecule has 0 aliphatic heterocycles. The van der Waals surface area contributed by atoms with Gasteiger partial charge in [0.15, 0.2) is 0 Å². The molecule has 0 amide bonds. The third-order valence-electron chi connectivity index (χ3n) is 10.4. The number of hydrogen-bond acceptors (Lipinski definition) is 1. The second-order valence-electron chi connectivity index (χ2n) is 19.6. The number of hydrogen-bond donors (Lipinski definition) is 0. The van der Waals surface area contributed by atoms with Crippen LogP contribution < -0.4 is 0 Å². The fourth-order valence-electron chi connectivity index (χ4n) is 6.24. The van der Waals surface area contributed by atoms with Gasteiger partial charge in [-0.2, -0.15) is 0 Å². The normalized spacial score (nSPS) is 8.57. The monoisotopic (exact) mass is 1550 g/mol. The largest absolute Gasteiger partial charge is 0.262 e. The lowest BCUT2D eigenvalue weighted by molar-refractivity contribution is 0.589. The van der Waals surface area contributed by atoms with Crippen molar-refractivity contribution in [3.8, 4) is 0 Å². The molecule has 0 saturated carbocycles. The first-order valence-electron chi connectivity index (χ1n) is 25.2. The summed E-state index contributed by atoms with van der Waals surface area (Å²) in [5.74, 6) is 0. The van der Waals surface area contributed by atoms with Crippen molar-refractivity contribution in [2.45, 2.75) is 184 Å². The molecule has 0 atom stereocenters. The van der Waals surface area contributed by atoms with E-state index in [9.17, 15) is 0 Å². The van der Waals surface area contributed by atoms with Crippen molar-refractivity contribution in [3.05, 3.63) is 305 Å². The summed E-state index contributed by atoms with van der Waals surface area (Å²) in [4.78, 5) is 3.98. The summed E-state index contributed by atoms with van der Waals surface area (Å²) in [5.41, 5.74) is 16.8. The highest BCUT2D eigenvalue weighted by Gasteiger charge is 2.13. The van der Waals surface area contributed by atoms with Gasteiger partial charge in [0.05, 0.1) is 0 Å². The van der Waals surface area contributed by atoms with Crippen LogP contribution in [-0.2, 0) is 5.41 Å². The molecule has 9 aromatic rings. The molecule has 0 aliphatic rings. The van der Waals surface area contributed by atoms with E-state index in [4.69, 9.17) is 23.2 Å². The number of benzene rings is 8. The van der Waals surface area contributed by atoms with E-state index in [0.29, 0.717) is 0 Å². The standard InChI is InChI=1S/C11H15Br.C8H9Br.C8H9Cl.C8H10.C7H6Br2.C7H7Br.C7H7Cl.C7H8.C6H7N.10CH4/c1-8-5-9(11(2,3)4)7-10(12)6-8;1-6-3-7(2)5-8(9)4-6;1-6-3-4-7(2)8(9)5-6;1-7-3-5-8(2)6-4-7;1-5-2-6(8)4-7(9)3-5;1-6-3-2-4-7(8)5-6;1-6-2-4-7(8)5-3-6;1-7-5-3-2-4-6-7;1-6-4-2-3-5-7-6;;;;;;;;;;/h5-7H,1-4H3;2*3-5H,1-2H3;3-6H,1-2H3;2-4H,1H3;2*2-5H,1H3;2-6H,1H3;2-5H,1H3;10*1H4. The Kier molecular flexibility index (Phi) is 70.1. The molecule has 8 aromatic carbocycles. The zero-order valence-electron chi connectivity index (χ0n) is 47.6. The predicted octanol–water partition coefficient (Wildman–Crippen LogP) is 31.1. The lowest BCUT2D eigenvalue weighted by Gasteiger charge is -2.19. The quantitative estimate of drug-likeness (QED) is 0.147. The van der Waals surface area contributed by atoms with Crippen LogP contribution in [0.25, 0.3) is 0 Å². The molecule has 0 unspecified atom stereocenters. The second kappa shape index (κ2) is 58.3. The van der Waals surface area contributed by atoms with Crippen LogP contribution >= 0.6 is 103 Å². The molecule has 0 fully saturated rings. The van der Waals surface area contributed by atoms with Crippen molar-refractivity contribution < 1.29 is 0 Å². The molecule has 1 heterocycles. The highest BCUT2D eigenvalue weighted by atomic mass is 79.9. The van der Waals surface area contributed by atoms with Gasteiger partial charge in [-0.15, -0.1) is 0 Å². The van der Waals surface area contributed by atoms with Gasteiger partial charge in [-0.05, 0) is 212 Å². The van der Waals surface area contributed by atoms with E-state index in [2.05, 4.69) is 264 Å². The summed E-state index contributed by atoms with van der Waals surface area (Å²) in [6, 6.07) is 65.7. The van der Waals surface area contributed by atoms with Crippen molar-refractivity contribution in [1.29, 1.82) is 0 Å². The van der Waals surface area contributed by atoms with Crippen LogP contribution in [0, 0.1) is 83.1 Å². The highest BCUT2D eigenvalue weighted by molar-refractivity contribution is 9.11. The second-order valence-corrected chi connectivity index (χ2v) is 25.1. The Hall–Kier alpha value is -4.11. The van der Waals surface area contributed by atoms with E-state index in [-0.39, 0.29) is 79.7 Å². The minimum Gasteiger partial charge on any atom is -0.262 e. The molecule has 1 aromatic heterocycles. The molecule has 9 rings (SSSR count). The lowest BCUT2D eigenvalue weighted by atomic mass is 9.86. The van der Waals surface area contributed by atoms with Crippen LogP contribution in [0.3, 0.4) is 0 Å². The number of pyridine rings is 1. The highest BCUT2D eigenvalue weighted by Crippen LogP contribution is 2.26. The van der Waals surface area contributed by atoms with Gasteiger partial charge >= 0.3 is 0 Å². The Morgan fingerprint density at radius 2 is 0.621 bits per heavy atom. The van der Waals surface area contributed by atoms with Gasteiger partial charge in [0, 0.05) is 44.3 Å². The maximum atomic E-state index is 5.81. The van der Waals surface area contributed by atoms with E-state index in [1.54, 1.807) is 6.20 Å². The Morgan fingerprint density at radius 3 is 0.897 bits per heavy atom. The third-order valence-corrected chi connectivity index (χ3v) is 13.4.